The lowest BCUT2D eigenvalue weighted by atomic mass is 9.96. The van der Waals surface area contributed by atoms with Crippen molar-refractivity contribution < 1.29 is 4.74 Å². The fraction of sp³-hybridized carbons (Fsp3) is 0.250. The molecule has 7 heteroatoms. The number of nitriles is 1. The first kappa shape index (κ1) is 16.9. The highest BCUT2D eigenvalue weighted by molar-refractivity contribution is 5.92. The Hall–Kier alpha value is -3.53. The summed E-state index contributed by atoms with van der Waals surface area (Å²) < 4.78 is 6.91. The largest absolute Gasteiger partial charge is 0.480 e. The van der Waals surface area contributed by atoms with E-state index in [9.17, 15) is 5.26 Å². The van der Waals surface area contributed by atoms with Gasteiger partial charge in [0.05, 0.1) is 18.7 Å². The quantitative estimate of drug-likeness (QED) is 0.570. The summed E-state index contributed by atoms with van der Waals surface area (Å²) >= 11 is 0. The topological polar surface area (TPSA) is 100 Å². The van der Waals surface area contributed by atoms with Crippen molar-refractivity contribution in [3.8, 4) is 28.6 Å². The number of nitrogens with zero attached hydrogens (tertiary/aromatic N) is 5. The molecule has 0 amide bonds. The molecule has 1 N–H and O–H groups in total. The van der Waals surface area contributed by atoms with Gasteiger partial charge in [-0.1, -0.05) is 6.07 Å². The van der Waals surface area contributed by atoms with Crippen LogP contribution in [-0.4, -0.2) is 32.8 Å². The van der Waals surface area contributed by atoms with E-state index in [-0.39, 0.29) is 5.90 Å². The number of aromatic nitrogens is 4. The van der Waals surface area contributed by atoms with Gasteiger partial charge in [-0.25, -0.2) is 4.98 Å². The molecule has 0 radical (unpaired) electrons. The molecule has 4 rings (SSSR count). The van der Waals surface area contributed by atoms with Gasteiger partial charge in [-0.3, -0.25) is 5.41 Å². The number of hydrogen-bond acceptors (Lipinski definition) is 6. The third-order valence-electron chi connectivity index (χ3n) is 4.69. The first-order valence-electron chi connectivity index (χ1n) is 8.64. The standard InChI is InChI=1S/C20H18N6O/c1-26-11-23-25-20(26)16-7-12(10-21)3-6-15(16)14-8-17(13-4-5-13)24-18(9-14)19(22)27-2/h3,6-9,11,13,22H,4-5H2,1-2H3. The minimum atomic E-state index is 0.0348. The van der Waals surface area contributed by atoms with Gasteiger partial charge in [-0.2, -0.15) is 5.26 Å². The number of rotatable bonds is 4. The minimum Gasteiger partial charge on any atom is -0.480 e. The van der Waals surface area contributed by atoms with Crippen LogP contribution in [0.1, 0.15) is 35.7 Å². The lowest BCUT2D eigenvalue weighted by molar-refractivity contribution is 0.399. The van der Waals surface area contributed by atoms with Gasteiger partial charge in [0, 0.05) is 24.2 Å². The van der Waals surface area contributed by atoms with Crippen molar-refractivity contribution in [1.82, 2.24) is 19.7 Å². The highest BCUT2D eigenvalue weighted by Crippen LogP contribution is 2.41. The molecule has 0 unspecified atom stereocenters. The molecular weight excluding hydrogens is 340 g/mol. The third kappa shape index (κ3) is 3.17. The summed E-state index contributed by atoms with van der Waals surface area (Å²) in [6, 6.07) is 11.6. The second-order valence-corrected chi connectivity index (χ2v) is 6.61. The molecule has 0 atom stereocenters. The predicted octanol–water partition coefficient (Wildman–Crippen LogP) is 3.26. The Balaban J connectivity index is 1.93. The molecule has 3 aromatic rings. The first-order valence-corrected chi connectivity index (χ1v) is 8.64. The molecule has 2 heterocycles. The van der Waals surface area contributed by atoms with Crippen LogP contribution in [0.3, 0.4) is 0 Å². The van der Waals surface area contributed by atoms with Crippen molar-refractivity contribution in [3.63, 3.8) is 0 Å². The molecule has 0 saturated heterocycles. The van der Waals surface area contributed by atoms with E-state index in [1.54, 1.807) is 12.4 Å². The van der Waals surface area contributed by atoms with E-state index in [1.807, 2.05) is 29.8 Å². The SMILES string of the molecule is COC(=N)c1cc(-c2ccc(C#N)cc2-c2nncn2C)cc(C2CC2)n1. The van der Waals surface area contributed by atoms with Gasteiger partial charge in [0.2, 0.25) is 5.90 Å². The van der Waals surface area contributed by atoms with Crippen LogP contribution in [-0.2, 0) is 11.8 Å². The summed E-state index contributed by atoms with van der Waals surface area (Å²) in [5, 5.41) is 25.5. The summed E-state index contributed by atoms with van der Waals surface area (Å²) in [5.41, 5.74) is 4.68. The van der Waals surface area contributed by atoms with E-state index in [2.05, 4.69) is 27.3 Å². The molecule has 2 aromatic heterocycles. The molecule has 1 aliphatic rings. The third-order valence-corrected chi connectivity index (χ3v) is 4.69. The summed E-state index contributed by atoms with van der Waals surface area (Å²) in [5.74, 6) is 1.15. The fourth-order valence-electron chi connectivity index (χ4n) is 3.09. The number of aryl methyl sites for hydroxylation is 1. The van der Waals surface area contributed by atoms with E-state index in [1.165, 1.54) is 7.11 Å². The van der Waals surface area contributed by atoms with Crippen LogP contribution in [0.25, 0.3) is 22.5 Å². The van der Waals surface area contributed by atoms with Crippen LogP contribution in [0.2, 0.25) is 0 Å². The zero-order valence-corrected chi connectivity index (χ0v) is 15.1. The normalized spacial score (nSPS) is 13.2. The zero-order valence-electron chi connectivity index (χ0n) is 15.1. The lowest BCUT2D eigenvalue weighted by Gasteiger charge is -2.13. The number of methoxy groups -OCH3 is 1. The van der Waals surface area contributed by atoms with Crippen molar-refractivity contribution in [1.29, 1.82) is 10.7 Å². The van der Waals surface area contributed by atoms with Crippen LogP contribution < -0.4 is 0 Å². The number of pyridine rings is 1. The maximum atomic E-state index is 9.32. The van der Waals surface area contributed by atoms with Gasteiger partial charge in [-0.05, 0) is 48.2 Å². The highest BCUT2D eigenvalue weighted by Gasteiger charge is 2.27. The molecule has 0 aliphatic heterocycles. The maximum absolute atomic E-state index is 9.32. The van der Waals surface area contributed by atoms with E-state index >= 15 is 0 Å². The molecule has 134 valence electrons. The maximum Gasteiger partial charge on any atom is 0.232 e. The van der Waals surface area contributed by atoms with Gasteiger partial charge in [0.15, 0.2) is 5.82 Å². The van der Waals surface area contributed by atoms with Gasteiger partial charge in [-0.15, -0.1) is 10.2 Å². The number of ether oxygens (including phenoxy) is 1. The lowest BCUT2D eigenvalue weighted by Crippen LogP contribution is -2.07. The summed E-state index contributed by atoms with van der Waals surface area (Å²) in [6.07, 6.45) is 3.85. The molecule has 1 aliphatic carbocycles. The van der Waals surface area contributed by atoms with Gasteiger partial charge in [0.1, 0.15) is 12.0 Å². The average Bonchev–Trinajstić information content (AvgIpc) is 3.47. The number of nitrogens with one attached hydrogen (secondary N) is 1. The van der Waals surface area contributed by atoms with E-state index in [0.717, 1.165) is 35.2 Å². The van der Waals surface area contributed by atoms with E-state index < -0.39 is 0 Å². The van der Waals surface area contributed by atoms with E-state index in [0.29, 0.717) is 23.0 Å². The summed E-state index contributed by atoms with van der Waals surface area (Å²) in [4.78, 5) is 4.60. The van der Waals surface area contributed by atoms with Crippen molar-refractivity contribution in [3.05, 3.63) is 53.6 Å². The van der Waals surface area contributed by atoms with Gasteiger partial charge < -0.3 is 9.30 Å². The molecule has 1 saturated carbocycles. The van der Waals surface area contributed by atoms with Crippen molar-refractivity contribution in [2.24, 2.45) is 7.05 Å². The Morgan fingerprint density at radius 1 is 1.26 bits per heavy atom. The Bertz CT molecular complexity index is 1070. The minimum absolute atomic E-state index is 0.0348. The van der Waals surface area contributed by atoms with Crippen LogP contribution >= 0.6 is 0 Å². The summed E-state index contributed by atoms with van der Waals surface area (Å²) in [7, 11) is 3.34. The number of benzene rings is 1. The fourth-order valence-corrected chi connectivity index (χ4v) is 3.09. The smallest absolute Gasteiger partial charge is 0.232 e. The van der Waals surface area contributed by atoms with Gasteiger partial charge in [0.25, 0.3) is 0 Å². The predicted molar refractivity (Wildman–Crippen MR) is 100 cm³/mol. The summed E-state index contributed by atoms with van der Waals surface area (Å²) in [6.45, 7) is 0. The van der Waals surface area contributed by atoms with Crippen LogP contribution in [0, 0.1) is 16.7 Å². The molecule has 7 nitrogen and oxygen atoms in total. The Morgan fingerprint density at radius 3 is 2.70 bits per heavy atom. The second-order valence-electron chi connectivity index (χ2n) is 6.61. The highest BCUT2D eigenvalue weighted by atomic mass is 16.5. The molecule has 1 fully saturated rings. The second kappa shape index (κ2) is 6.65. The average molecular weight is 358 g/mol. The van der Waals surface area contributed by atoms with Crippen molar-refractivity contribution in [2.75, 3.05) is 7.11 Å². The van der Waals surface area contributed by atoms with Crippen molar-refractivity contribution >= 4 is 5.90 Å². The van der Waals surface area contributed by atoms with E-state index in [4.69, 9.17) is 10.1 Å². The Kier molecular flexibility index (Phi) is 4.16. The number of hydrogen-bond donors (Lipinski definition) is 1. The Morgan fingerprint density at radius 2 is 2.07 bits per heavy atom. The first-order chi connectivity index (χ1) is 13.1. The Labute approximate surface area is 156 Å². The van der Waals surface area contributed by atoms with Crippen LogP contribution in [0.15, 0.2) is 36.7 Å². The van der Waals surface area contributed by atoms with Crippen LogP contribution in [0.4, 0.5) is 0 Å². The molecule has 0 spiro atoms. The van der Waals surface area contributed by atoms with Crippen molar-refractivity contribution in [2.45, 2.75) is 18.8 Å². The molecule has 0 bridgehead atoms. The van der Waals surface area contributed by atoms with Crippen LogP contribution in [0.5, 0.6) is 0 Å². The van der Waals surface area contributed by atoms with Gasteiger partial charge >= 0.3 is 0 Å². The molecule has 1 aromatic carbocycles. The molecule has 27 heavy (non-hydrogen) atoms. The monoisotopic (exact) mass is 358 g/mol. The zero-order chi connectivity index (χ0) is 19.0. The molecular formula is C20H18N6O.